The average Bonchev–Trinajstić information content (AvgIpc) is 2.29. The van der Waals surface area contributed by atoms with E-state index in [1.165, 1.54) is 0 Å². The summed E-state index contributed by atoms with van der Waals surface area (Å²) in [7, 11) is 0. The Morgan fingerprint density at radius 2 is 2.25 bits per heavy atom. The van der Waals surface area contributed by atoms with Gasteiger partial charge >= 0.3 is 0 Å². The first kappa shape index (κ1) is 11.1. The summed E-state index contributed by atoms with van der Waals surface area (Å²) in [5.41, 5.74) is 3.01. The molecule has 0 fully saturated rings. The Morgan fingerprint density at radius 3 is 3.00 bits per heavy atom. The summed E-state index contributed by atoms with van der Waals surface area (Å²) in [5, 5.41) is 4.35. The van der Waals surface area contributed by atoms with E-state index in [1.54, 1.807) is 0 Å². The number of nitrogens with zero attached hydrogens (tertiary/aromatic N) is 1. The van der Waals surface area contributed by atoms with Crippen molar-refractivity contribution in [3.63, 3.8) is 0 Å². The van der Waals surface area contributed by atoms with Crippen LogP contribution in [0.25, 0.3) is 16.6 Å². The van der Waals surface area contributed by atoms with E-state index in [1.807, 2.05) is 24.4 Å². The van der Waals surface area contributed by atoms with E-state index in [2.05, 4.69) is 45.8 Å². The second-order valence-electron chi connectivity index (χ2n) is 3.50. The number of rotatable bonds is 3. The van der Waals surface area contributed by atoms with E-state index in [-0.39, 0.29) is 0 Å². The molecular weight excluding hydrogens is 264 g/mol. The van der Waals surface area contributed by atoms with Crippen LogP contribution in [0.5, 0.6) is 0 Å². The minimum Gasteiger partial charge on any atom is -0.385 e. The van der Waals surface area contributed by atoms with E-state index >= 15 is 0 Å². The maximum Gasteiger partial charge on any atom is 0.0850 e. The van der Waals surface area contributed by atoms with E-state index in [9.17, 15) is 0 Å². The monoisotopic (exact) mass is 276 g/mol. The lowest BCUT2D eigenvalue weighted by Crippen LogP contribution is -2.10. The molecule has 0 spiro atoms. The lowest BCUT2D eigenvalue weighted by molar-refractivity contribution is 0.943. The Labute approximate surface area is 104 Å². The van der Waals surface area contributed by atoms with Crippen LogP contribution < -0.4 is 5.32 Å². The highest BCUT2D eigenvalue weighted by molar-refractivity contribution is 9.10. The van der Waals surface area contributed by atoms with Crippen LogP contribution in [0.15, 0.2) is 41.5 Å². The summed E-state index contributed by atoms with van der Waals surface area (Å²) in [6.45, 7) is 6.97. The summed E-state index contributed by atoms with van der Waals surface area (Å²) in [6, 6.07) is 8.05. The molecule has 2 aromatic rings. The first-order valence-electron chi connectivity index (χ1n) is 5.20. The van der Waals surface area contributed by atoms with Gasteiger partial charge in [-0.25, -0.2) is 0 Å². The molecule has 0 saturated heterocycles. The summed E-state index contributed by atoms with van der Waals surface area (Å²) in [5.74, 6) is 0. The molecule has 0 radical (unpaired) electrons. The number of fused-ring (bicyclic) bond motifs is 1. The van der Waals surface area contributed by atoms with Crippen LogP contribution in [0.4, 0.5) is 0 Å². The molecule has 1 N–H and O–H groups in total. The van der Waals surface area contributed by atoms with Crippen LogP contribution in [0.3, 0.4) is 0 Å². The second kappa shape index (κ2) is 4.66. The number of pyridine rings is 1. The van der Waals surface area contributed by atoms with Crippen molar-refractivity contribution in [3.05, 3.63) is 47.1 Å². The van der Waals surface area contributed by atoms with Gasteiger partial charge in [-0.1, -0.05) is 18.7 Å². The molecule has 0 unspecified atom stereocenters. The van der Waals surface area contributed by atoms with Gasteiger partial charge in [0.1, 0.15) is 0 Å². The number of para-hydroxylation sites is 1. The van der Waals surface area contributed by atoms with Crippen LogP contribution >= 0.6 is 15.9 Å². The maximum absolute atomic E-state index is 4.37. The molecule has 0 atom stereocenters. The summed E-state index contributed by atoms with van der Waals surface area (Å²) in [6.07, 6.45) is 1.81. The maximum atomic E-state index is 4.37. The molecule has 1 heterocycles. The Morgan fingerprint density at radius 1 is 1.44 bits per heavy atom. The molecule has 82 valence electrons. The molecule has 0 aliphatic carbocycles. The number of halogens is 1. The largest absolute Gasteiger partial charge is 0.385 e. The zero-order valence-electron chi connectivity index (χ0n) is 9.13. The van der Waals surface area contributed by atoms with Crippen molar-refractivity contribution in [2.45, 2.75) is 6.92 Å². The minimum atomic E-state index is 0.872. The van der Waals surface area contributed by atoms with Crippen LogP contribution in [-0.4, -0.2) is 11.5 Å². The molecule has 2 rings (SSSR count). The molecular formula is C13H13BrN2. The van der Waals surface area contributed by atoms with Crippen molar-refractivity contribution in [3.8, 4) is 0 Å². The third kappa shape index (κ3) is 1.95. The Balaban J connectivity index is 2.62. The first-order valence-corrected chi connectivity index (χ1v) is 5.99. The van der Waals surface area contributed by atoms with Crippen molar-refractivity contribution in [2.24, 2.45) is 0 Å². The number of hydrogen-bond donors (Lipinski definition) is 1. The third-order valence-corrected chi connectivity index (χ3v) is 3.08. The Bertz CT molecular complexity index is 534. The van der Waals surface area contributed by atoms with Gasteiger partial charge in [-0.2, -0.15) is 0 Å². The van der Waals surface area contributed by atoms with Crippen molar-refractivity contribution in [1.29, 1.82) is 0 Å². The standard InChI is InChI=1S/C13H13BrN2/c1-3-15-9(2)10-7-8-16-13-11(10)5-4-6-12(13)14/h4-8,15H,2-3H2,1H3. The fourth-order valence-electron chi connectivity index (χ4n) is 1.71. The average molecular weight is 277 g/mol. The first-order chi connectivity index (χ1) is 7.74. The van der Waals surface area contributed by atoms with Gasteiger partial charge in [-0.3, -0.25) is 4.98 Å². The van der Waals surface area contributed by atoms with Gasteiger partial charge in [-0.05, 0) is 35.0 Å². The van der Waals surface area contributed by atoms with E-state index in [0.717, 1.165) is 33.2 Å². The molecule has 2 nitrogen and oxygen atoms in total. The molecule has 0 amide bonds. The van der Waals surface area contributed by atoms with Crippen LogP contribution in [0.1, 0.15) is 12.5 Å². The van der Waals surface area contributed by atoms with Crippen molar-refractivity contribution >= 4 is 32.5 Å². The molecule has 0 aliphatic heterocycles. The third-order valence-electron chi connectivity index (χ3n) is 2.44. The zero-order chi connectivity index (χ0) is 11.5. The highest BCUT2D eigenvalue weighted by Gasteiger charge is 2.06. The van der Waals surface area contributed by atoms with E-state index in [4.69, 9.17) is 0 Å². The predicted molar refractivity (Wildman–Crippen MR) is 72.2 cm³/mol. The van der Waals surface area contributed by atoms with Crippen LogP contribution in [0.2, 0.25) is 0 Å². The van der Waals surface area contributed by atoms with Gasteiger partial charge in [0.15, 0.2) is 0 Å². The summed E-state index contributed by atoms with van der Waals surface area (Å²) < 4.78 is 1.01. The van der Waals surface area contributed by atoms with Gasteiger partial charge < -0.3 is 5.32 Å². The van der Waals surface area contributed by atoms with Gasteiger partial charge in [0.05, 0.1) is 5.52 Å². The molecule has 1 aromatic carbocycles. The highest BCUT2D eigenvalue weighted by Crippen LogP contribution is 2.26. The number of hydrogen-bond acceptors (Lipinski definition) is 2. The Hall–Kier alpha value is -1.35. The SMILES string of the molecule is C=C(NCC)c1ccnc2c(Br)cccc12. The zero-order valence-corrected chi connectivity index (χ0v) is 10.7. The molecule has 0 aliphatic rings. The van der Waals surface area contributed by atoms with Crippen LogP contribution in [-0.2, 0) is 0 Å². The summed E-state index contributed by atoms with van der Waals surface area (Å²) >= 11 is 3.51. The minimum absolute atomic E-state index is 0.872. The molecule has 0 saturated carbocycles. The van der Waals surface area contributed by atoms with E-state index < -0.39 is 0 Å². The number of aromatic nitrogens is 1. The van der Waals surface area contributed by atoms with Crippen LogP contribution in [0, 0.1) is 0 Å². The quantitative estimate of drug-likeness (QED) is 0.927. The molecule has 16 heavy (non-hydrogen) atoms. The molecule has 1 aromatic heterocycles. The molecule has 3 heteroatoms. The predicted octanol–water partition coefficient (Wildman–Crippen LogP) is 3.58. The van der Waals surface area contributed by atoms with Gasteiger partial charge in [-0.15, -0.1) is 0 Å². The topological polar surface area (TPSA) is 24.9 Å². The highest BCUT2D eigenvalue weighted by atomic mass is 79.9. The van der Waals surface area contributed by atoms with Gasteiger partial charge in [0.2, 0.25) is 0 Å². The van der Waals surface area contributed by atoms with E-state index in [0.29, 0.717) is 0 Å². The summed E-state index contributed by atoms with van der Waals surface area (Å²) in [4.78, 5) is 4.37. The Kier molecular flexibility index (Phi) is 3.25. The molecule has 0 bridgehead atoms. The lowest BCUT2D eigenvalue weighted by Gasteiger charge is -2.10. The number of benzene rings is 1. The lowest BCUT2D eigenvalue weighted by atomic mass is 10.1. The van der Waals surface area contributed by atoms with Gasteiger partial charge in [0, 0.05) is 33.9 Å². The fraction of sp³-hybridized carbons (Fsp3) is 0.154. The smallest absolute Gasteiger partial charge is 0.0850 e. The fourth-order valence-corrected chi connectivity index (χ4v) is 2.18. The van der Waals surface area contributed by atoms with Gasteiger partial charge in [0.25, 0.3) is 0 Å². The van der Waals surface area contributed by atoms with Crippen molar-refractivity contribution < 1.29 is 0 Å². The second-order valence-corrected chi connectivity index (χ2v) is 4.36. The van der Waals surface area contributed by atoms with Crippen molar-refractivity contribution in [1.82, 2.24) is 10.3 Å². The normalized spacial score (nSPS) is 10.4. The van der Waals surface area contributed by atoms with Crippen molar-refractivity contribution in [2.75, 3.05) is 6.54 Å². The number of nitrogens with one attached hydrogen (secondary N) is 1.